The van der Waals surface area contributed by atoms with Crippen LogP contribution in [0.2, 0.25) is 10.0 Å². The Labute approximate surface area is 242 Å². The Morgan fingerprint density at radius 2 is 1.50 bits per heavy atom. The molecule has 40 heavy (non-hydrogen) atoms. The molecule has 0 heterocycles. The van der Waals surface area contributed by atoms with Crippen LogP contribution >= 0.6 is 23.2 Å². The number of rotatable bonds is 11. The highest BCUT2D eigenvalue weighted by atomic mass is 35.5. The van der Waals surface area contributed by atoms with Crippen LogP contribution in [0.4, 0.5) is 11.4 Å². The number of anilines is 1. The molecule has 1 N–H and O–H groups in total. The summed E-state index contributed by atoms with van der Waals surface area (Å²) in [6.45, 7) is 4.16. The minimum Gasteiger partial charge on any atom is -0.352 e. The van der Waals surface area contributed by atoms with Crippen molar-refractivity contribution in [1.82, 2.24) is 10.2 Å². The van der Waals surface area contributed by atoms with E-state index in [1.807, 2.05) is 0 Å². The Morgan fingerprint density at radius 1 is 0.925 bits per heavy atom. The van der Waals surface area contributed by atoms with Gasteiger partial charge in [-0.3, -0.25) is 24.0 Å². The first-order valence-electron chi connectivity index (χ1n) is 12.2. The Balaban J connectivity index is 2.08. The van der Waals surface area contributed by atoms with Crippen molar-refractivity contribution in [2.24, 2.45) is 0 Å². The van der Waals surface area contributed by atoms with Gasteiger partial charge in [-0.25, -0.2) is 8.42 Å². The van der Waals surface area contributed by atoms with E-state index in [2.05, 4.69) is 5.32 Å². The lowest BCUT2D eigenvalue weighted by Gasteiger charge is -2.32. The van der Waals surface area contributed by atoms with Crippen LogP contribution in [0.15, 0.2) is 77.7 Å². The minimum atomic E-state index is -4.31. The Kier molecular flexibility index (Phi) is 10.1. The van der Waals surface area contributed by atoms with Gasteiger partial charge in [0.05, 0.1) is 15.5 Å². The number of halogens is 2. The molecule has 3 aromatic rings. The summed E-state index contributed by atoms with van der Waals surface area (Å²) in [6, 6.07) is 15.8. The van der Waals surface area contributed by atoms with Gasteiger partial charge in [0.15, 0.2) is 0 Å². The molecule has 3 aromatic carbocycles. The van der Waals surface area contributed by atoms with Crippen molar-refractivity contribution in [2.45, 2.75) is 44.3 Å². The summed E-state index contributed by atoms with van der Waals surface area (Å²) < 4.78 is 28.3. The molecule has 0 saturated carbocycles. The summed E-state index contributed by atoms with van der Waals surface area (Å²) in [4.78, 5) is 38.5. The van der Waals surface area contributed by atoms with E-state index in [1.165, 1.54) is 48.2 Å². The van der Waals surface area contributed by atoms with Gasteiger partial charge in [0.2, 0.25) is 11.8 Å². The summed E-state index contributed by atoms with van der Waals surface area (Å²) in [7, 11) is -4.31. The lowest BCUT2D eigenvalue weighted by molar-refractivity contribution is -0.384. The lowest BCUT2D eigenvalue weighted by atomic mass is 10.1. The number of nitro benzene ring substituents is 1. The van der Waals surface area contributed by atoms with Gasteiger partial charge in [-0.05, 0) is 57.2 Å². The van der Waals surface area contributed by atoms with Crippen LogP contribution < -0.4 is 9.62 Å². The summed E-state index contributed by atoms with van der Waals surface area (Å²) in [5.41, 5.74) is 0.162. The number of nitrogens with one attached hydrogen (secondary N) is 1. The standard InChI is InChI=1S/C27H28Cl2N4O6S/c1-18(2)30-27(35)19(3)31(16-23-24(28)10-7-11-25(23)29)26(34)17-32(20-12-14-21(15-13-20)33(36)37)40(38,39)22-8-5-4-6-9-22/h4-15,18-19H,16-17H2,1-3H3,(H,30,35)/t19-/m0/s1. The molecule has 0 aromatic heterocycles. The summed E-state index contributed by atoms with van der Waals surface area (Å²) in [6.07, 6.45) is 0. The number of hydrogen-bond acceptors (Lipinski definition) is 6. The van der Waals surface area contributed by atoms with Gasteiger partial charge in [0, 0.05) is 40.3 Å². The van der Waals surface area contributed by atoms with Gasteiger partial charge >= 0.3 is 0 Å². The summed E-state index contributed by atoms with van der Waals surface area (Å²) >= 11 is 12.7. The number of non-ortho nitro benzene ring substituents is 1. The zero-order valence-corrected chi connectivity index (χ0v) is 24.3. The van der Waals surface area contributed by atoms with Crippen LogP contribution in [0.1, 0.15) is 26.3 Å². The number of nitro groups is 1. The topological polar surface area (TPSA) is 130 Å². The van der Waals surface area contributed by atoms with E-state index in [9.17, 15) is 28.1 Å². The second-order valence-corrected chi connectivity index (χ2v) is 11.8. The fourth-order valence-electron chi connectivity index (χ4n) is 3.83. The van der Waals surface area contributed by atoms with Crippen molar-refractivity contribution >= 4 is 56.4 Å². The van der Waals surface area contributed by atoms with Crippen LogP contribution in [0.5, 0.6) is 0 Å². The Bertz CT molecular complexity index is 1460. The third-order valence-corrected chi connectivity index (χ3v) is 8.44. The van der Waals surface area contributed by atoms with Gasteiger partial charge < -0.3 is 10.2 Å². The number of hydrogen-bond donors (Lipinski definition) is 1. The minimum absolute atomic E-state index is 0.0258. The zero-order chi connectivity index (χ0) is 29.6. The number of sulfonamides is 1. The van der Waals surface area contributed by atoms with Gasteiger partial charge in [-0.2, -0.15) is 0 Å². The van der Waals surface area contributed by atoms with E-state index in [-0.39, 0.29) is 38.9 Å². The zero-order valence-electron chi connectivity index (χ0n) is 22.0. The van der Waals surface area contributed by atoms with E-state index in [1.54, 1.807) is 38.1 Å². The molecule has 0 radical (unpaired) electrons. The molecule has 0 bridgehead atoms. The molecule has 0 unspecified atom stereocenters. The van der Waals surface area contributed by atoms with Crippen molar-refractivity contribution < 1.29 is 22.9 Å². The molecule has 0 spiro atoms. The lowest BCUT2D eigenvalue weighted by Crippen LogP contribution is -2.52. The number of benzene rings is 3. The fourth-order valence-corrected chi connectivity index (χ4v) is 5.78. The second-order valence-electron chi connectivity index (χ2n) is 9.16. The van der Waals surface area contributed by atoms with Crippen LogP contribution in [0.3, 0.4) is 0 Å². The highest BCUT2D eigenvalue weighted by Gasteiger charge is 2.33. The normalized spacial score (nSPS) is 12.1. The number of carbonyl (C=O) groups is 2. The molecule has 0 fully saturated rings. The average Bonchev–Trinajstić information content (AvgIpc) is 2.91. The number of carbonyl (C=O) groups excluding carboxylic acids is 2. The Hall–Kier alpha value is -3.67. The molecule has 1 atom stereocenters. The molecule has 0 aliphatic carbocycles. The second kappa shape index (κ2) is 13.1. The fraction of sp³-hybridized carbons (Fsp3) is 0.259. The highest BCUT2D eigenvalue weighted by Crippen LogP contribution is 2.29. The molecule has 3 rings (SSSR count). The van der Waals surface area contributed by atoms with Crippen molar-refractivity contribution in [1.29, 1.82) is 0 Å². The smallest absolute Gasteiger partial charge is 0.269 e. The molecule has 0 aliphatic heterocycles. The predicted octanol–water partition coefficient (Wildman–Crippen LogP) is 5.04. The van der Waals surface area contributed by atoms with Gasteiger partial charge in [0.25, 0.3) is 15.7 Å². The number of nitrogens with zero attached hydrogens (tertiary/aromatic N) is 3. The largest absolute Gasteiger partial charge is 0.352 e. The average molecular weight is 608 g/mol. The van der Waals surface area contributed by atoms with Crippen molar-refractivity contribution in [3.8, 4) is 0 Å². The molecule has 10 nitrogen and oxygen atoms in total. The molecule has 0 saturated heterocycles. The van der Waals surface area contributed by atoms with Crippen LogP contribution in [-0.2, 0) is 26.2 Å². The van der Waals surface area contributed by atoms with Crippen molar-refractivity contribution in [3.05, 3.63) is 98.5 Å². The van der Waals surface area contributed by atoms with Crippen molar-refractivity contribution in [2.75, 3.05) is 10.8 Å². The third-order valence-electron chi connectivity index (χ3n) is 5.95. The van der Waals surface area contributed by atoms with Gasteiger partial charge in [-0.1, -0.05) is 47.5 Å². The maximum Gasteiger partial charge on any atom is 0.269 e. The molecule has 13 heteroatoms. The summed E-state index contributed by atoms with van der Waals surface area (Å²) in [5, 5.41) is 14.5. The van der Waals surface area contributed by atoms with Gasteiger partial charge in [-0.15, -0.1) is 0 Å². The quantitative estimate of drug-likeness (QED) is 0.240. The van der Waals surface area contributed by atoms with E-state index in [0.29, 0.717) is 5.56 Å². The van der Waals surface area contributed by atoms with E-state index >= 15 is 0 Å². The number of amides is 2. The van der Waals surface area contributed by atoms with Gasteiger partial charge in [0.1, 0.15) is 12.6 Å². The summed E-state index contributed by atoms with van der Waals surface area (Å²) in [5.74, 6) is -1.18. The van der Waals surface area contributed by atoms with Crippen LogP contribution in [0.25, 0.3) is 0 Å². The predicted molar refractivity (Wildman–Crippen MR) is 154 cm³/mol. The molecular formula is C27H28Cl2N4O6S. The maximum atomic E-state index is 13.9. The molecular weight excluding hydrogens is 579 g/mol. The molecule has 2 amide bonds. The first-order chi connectivity index (χ1) is 18.8. The maximum absolute atomic E-state index is 13.9. The third kappa shape index (κ3) is 7.29. The van der Waals surface area contributed by atoms with Crippen molar-refractivity contribution in [3.63, 3.8) is 0 Å². The van der Waals surface area contributed by atoms with E-state index in [4.69, 9.17) is 23.2 Å². The molecule has 212 valence electrons. The van der Waals surface area contributed by atoms with E-state index in [0.717, 1.165) is 16.4 Å². The van der Waals surface area contributed by atoms with Crippen LogP contribution in [-0.4, -0.2) is 48.7 Å². The Morgan fingerprint density at radius 3 is 2.02 bits per heavy atom. The molecule has 0 aliphatic rings. The SMILES string of the molecule is CC(C)NC(=O)[C@H](C)N(Cc1c(Cl)cccc1Cl)C(=O)CN(c1ccc([N+](=O)[O-])cc1)S(=O)(=O)c1ccccc1. The monoisotopic (exact) mass is 606 g/mol. The van der Waals surface area contributed by atoms with E-state index < -0.39 is 39.3 Å². The highest BCUT2D eigenvalue weighted by molar-refractivity contribution is 7.92. The van der Waals surface area contributed by atoms with Crippen LogP contribution in [0, 0.1) is 10.1 Å². The first-order valence-corrected chi connectivity index (χ1v) is 14.4. The first kappa shape index (κ1) is 30.9.